The minimum Gasteiger partial charge on any atom is -0.484 e. The lowest BCUT2D eigenvalue weighted by molar-refractivity contribution is -0.107. The molecule has 0 aliphatic rings. The van der Waals surface area contributed by atoms with Crippen LogP contribution in [0.4, 0.5) is 0 Å². The molecular formula is C12H12N2O3S. The molecule has 6 heteroatoms. The monoisotopic (exact) mass is 264 g/mol. The summed E-state index contributed by atoms with van der Waals surface area (Å²) in [5.74, 6) is 1.82. The summed E-state index contributed by atoms with van der Waals surface area (Å²) in [6.07, 6.45) is 1.34. The average Bonchev–Trinajstić information content (AvgIpc) is 2.86. The molecule has 2 aromatic rings. The Kier molecular flexibility index (Phi) is 4.78. The summed E-state index contributed by atoms with van der Waals surface area (Å²) < 4.78 is 10.8. The highest BCUT2D eigenvalue weighted by molar-refractivity contribution is 7.99. The number of hydrogen-bond acceptors (Lipinski definition) is 6. The molecule has 0 aliphatic heterocycles. The van der Waals surface area contributed by atoms with Gasteiger partial charge in [-0.05, 0) is 12.1 Å². The lowest BCUT2D eigenvalue weighted by Gasteiger charge is -2.01. The van der Waals surface area contributed by atoms with Crippen LogP contribution in [-0.2, 0) is 11.4 Å². The van der Waals surface area contributed by atoms with Crippen LogP contribution in [0.15, 0.2) is 40.0 Å². The number of carbonyl (C=O) groups is 1. The summed E-state index contributed by atoms with van der Waals surface area (Å²) in [5.41, 5.74) is 0. The second kappa shape index (κ2) is 6.80. The summed E-state index contributed by atoms with van der Waals surface area (Å²) in [6.45, 7) is 0.241. The Labute approximate surface area is 109 Å². The zero-order chi connectivity index (χ0) is 12.6. The highest BCUT2D eigenvalue weighted by atomic mass is 32.2. The SMILES string of the molecule is O=CCCSc1nnc(COc2ccccc2)o1. The van der Waals surface area contributed by atoms with Gasteiger partial charge >= 0.3 is 0 Å². The van der Waals surface area contributed by atoms with Crippen LogP contribution in [0, 0.1) is 0 Å². The Morgan fingerprint density at radius 1 is 1.28 bits per heavy atom. The Hall–Kier alpha value is -1.82. The van der Waals surface area contributed by atoms with E-state index in [1.165, 1.54) is 11.8 Å². The normalized spacial score (nSPS) is 10.2. The molecule has 5 nitrogen and oxygen atoms in total. The Balaban J connectivity index is 1.81. The number of para-hydroxylation sites is 1. The maximum atomic E-state index is 10.2. The van der Waals surface area contributed by atoms with Gasteiger partial charge in [-0.1, -0.05) is 30.0 Å². The first-order valence-electron chi connectivity index (χ1n) is 5.45. The molecule has 0 bridgehead atoms. The maximum absolute atomic E-state index is 10.2. The molecule has 0 unspecified atom stereocenters. The molecule has 0 amide bonds. The van der Waals surface area contributed by atoms with Crippen molar-refractivity contribution in [3.8, 4) is 5.75 Å². The van der Waals surface area contributed by atoms with E-state index in [-0.39, 0.29) is 6.61 Å². The van der Waals surface area contributed by atoms with Crippen LogP contribution >= 0.6 is 11.8 Å². The van der Waals surface area contributed by atoms with E-state index in [1.807, 2.05) is 30.3 Å². The quantitative estimate of drug-likeness (QED) is 0.434. The zero-order valence-corrected chi connectivity index (χ0v) is 10.4. The van der Waals surface area contributed by atoms with Gasteiger partial charge in [-0.25, -0.2) is 0 Å². The number of aromatic nitrogens is 2. The molecule has 18 heavy (non-hydrogen) atoms. The van der Waals surface area contributed by atoms with E-state index in [9.17, 15) is 4.79 Å². The van der Waals surface area contributed by atoms with Gasteiger partial charge in [0.25, 0.3) is 11.1 Å². The first-order chi connectivity index (χ1) is 8.88. The van der Waals surface area contributed by atoms with E-state index in [2.05, 4.69) is 10.2 Å². The molecule has 1 aromatic carbocycles. The summed E-state index contributed by atoms with van der Waals surface area (Å²) in [4.78, 5) is 10.2. The molecule has 0 fully saturated rings. The Morgan fingerprint density at radius 3 is 2.89 bits per heavy atom. The summed E-state index contributed by atoms with van der Waals surface area (Å²) in [5, 5.41) is 8.17. The summed E-state index contributed by atoms with van der Waals surface area (Å²) in [7, 11) is 0. The predicted octanol–water partition coefficient (Wildman–Crippen LogP) is 2.33. The Morgan fingerprint density at radius 2 is 2.11 bits per heavy atom. The van der Waals surface area contributed by atoms with E-state index in [0.29, 0.717) is 23.3 Å². The third-order valence-electron chi connectivity index (χ3n) is 2.02. The highest BCUT2D eigenvalue weighted by Crippen LogP contribution is 2.17. The average molecular weight is 264 g/mol. The lowest BCUT2D eigenvalue weighted by Crippen LogP contribution is -1.95. The fraction of sp³-hybridized carbons (Fsp3) is 0.250. The summed E-state index contributed by atoms with van der Waals surface area (Å²) >= 11 is 1.36. The van der Waals surface area contributed by atoms with Gasteiger partial charge in [0.2, 0.25) is 0 Å². The Bertz CT molecular complexity index is 487. The van der Waals surface area contributed by atoms with Crippen molar-refractivity contribution in [2.45, 2.75) is 18.3 Å². The first kappa shape index (κ1) is 12.6. The zero-order valence-electron chi connectivity index (χ0n) is 9.61. The van der Waals surface area contributed by atoms with Crippen LogP contribution in [0.2, 0.25) is 0 Å². The van der Waals surface area contributed by atoms with Crippen molar-refractivity contribution in [3.05, 3.63) is 36.2 Å². The lowest BCUT2D eigenvalue weighted by atomic mass is 10.3. The van der Waals surface area contributed by atoms with E-state index in [1.54, 1.807) is 0 Å². The van der Waals surface area contributed by atoms with Crippen molar-refractivity contribution in [2.75, 3.05) is 5.75 Å². The predicted molar refractivity (Wildman–Crippen MR) is 66.5 cm³/mol. The van der Waals surface area contributed by atoms with Gasteiger partial charge in [0.05, 0.1) is 0 Å². The number of nitrogens with zero attached hydrogens (tertiary/aromatic N) is 2. The number of thioether (sulfide) groups is 1. The van der Waals surface area contributed by atoms with Crippen LogP contribution in [0.5, 0.6) is 5.75 Å². The number of rotatable bonds is 7. The number of aldehydes is 1. The largest absolute Gasteiger partial charge is 0.484 e. The van der Waals surface area contributed by atoms with Crippen LogP contribution in [0.25, 0.3) is 0 Å². The fourth-order valence-corrected chi connectivity index (χ4v) is 1.85. The molecule has 0 radical (unpaired) electrons. The third-order valence-corrected chi connectivity index (χ3v) is 2.87. The van der Waals surface area contributed by atoms with E-state index in [4.69, 9.17) is 9.15 Å². The second-order valence-corrected chi connectivity index (χ2v) is 4.41. The van der Waals surface area contributed by atoms with Crippen LogP contribution in [0.1, 0.15) is 12.3 Å². The van der Waals surface area contributed by atoms with Gasteiger partial charge < -0.3 is 13.9 Å². The van der Waals surface area contributed by atoms with E-state index in [0.717, 1.165) is 12.0 Å². The number of benzene rings is 1. The molecule has 0 N–H and O–H groups in total. The molecule has 0 atom stereocenters. The smallest absolute Gasteiger partial charge is 0.276 e. The number of carbonyl (C=O) groups excluding carboxylic acids is 1. The topological polar surface area (TPSA) is 65.2 Å². The molecule has 2 rings (SSSR count). The standard InChI is InChI=1S/C12H12N2O3S/c15-7-4-8-18-12-14-13-11(17-12)9-16-10-5-2-1-3-6-10/h1-3,5-7H,4,8-9H2. The second-order valence-electron chi connectivity index (χ2n) is 3.37. The molecule has 1 aromatic heterocycles. The third kappa shape index (κ3) is 3.89. The van der Waals surface area contributed by atoms with Crippen molar-refractivity contribution in [1.29, 1.82) is 0 Å². The molecule has 0 saturated carbocycles. The number of ether oxygens (including phenoxy) is 1. The van der Waals surface area contributed by atoms with Crippen molar-refractivity contribution < 1.29 is 13.9 Å². The van der Waals surface area contributed by atoms with Crippen molar-refractivity contribution in [2.24, 2.45) is 0 Å². The van der Waals surface area contributed by atoms with Crippen LogP contribution in [-0.4, -0.2) is 22.2 Å². The molecule has 1 heterocycles. The summed E-state index contributed by atoms with van der Waals surface area (Å²) in [6, 6.07) is 9.42. The van der Waals surface area contributed by atoms with Gasteiger partial charge in [-0.3, -0.25) is 0 Å². The van der Waals surface area contributed by atoms with E-state index >= 15 is 0 Å². The minimum absolute atomic E-state index is 0.241. The minimum atomic E-state index is 0.241. The number of hydrogen-bond donors (Lipinski definition) is 0. The van der Waals surface area contributed by atoms with Gasteiger partial charge in [0, 0.05) is 12.2 Å². The van der Waals surface area contributed by atoms with Gasteiger partial charge in [0.1, 0.15) is 12.0 Å². The van der Waals surface area contributed by atoms with Crippen LogP contribution in [0.3, 0.4) is 0 Å². The van der Waals surface area contributed by atoms with Crippen LogP contribution < -0.4 is 4.74 Å². The van der Waals surface area contributed by atoms with Crippen molar-refractivity contribution in [3.63, 3.8) is 0 Å². The van der Waals surface area contributed by atoms with E-state index < -0.39 is 0 Å². The molecule has 0 saturated heterocycles. The van der Waals surface area contributed by atoms with Crippen molar-refractivity contribution >= 4 is 18.0 Å². The van der Waals surface area contributed by atoms with Gasteiger partial charge in [-0.15, -0.1) is 10.2 Å². The molecular weight excluding hydrogens is 252 g/mol. The maximum Gasteiger partial charge on any atom is 0.276 e. The highest BCUT2D eigenvalue weighted by Gasteiger charge is 2.06. The first-order valence-corrected chi connectivity index (χ1v) is 6.43. The van der Waals surface area contributed by atoms with Gasteiger partial charge in [0.15, 0.2) is 6.61 Å². The molecule has 94 valence electrons. The molecule has 0 aliphatic carbocycles. The fourth-order valence-electron chi connectivity index (χ4n) is 1.21. The van der Waals surface area contributed by atoms with Gasteiger partial charge in [-0.2, -0.15) is 0 Å². The van der Waals surface area contributed by atoms with Crippen molar-refractivity contribution in [1.82, 2.24) is 10.2 Å². The molecule has 0 spiro atoms.